The largest absolute Gasteiger partial charge is 0.349 e. The summed E-state index contributed by atoms with van der Waals surface area (Å²) in [5.74, 6) is 0. The molecule has 0 bridgehead atoms. The average molecular weight is 364 g/mol. The highest BCUT2D eigenvalue weighted by molar-refractivity contribution is 8.02. The smallest absolute Gasteiger partial charge is 0.203 e. The van der Waals surface area contributed by atoms with Gasteiger partial charge in [0.25, 0.3) is 0 Å². The molecule has 0 atom stereocenters. The van der Waals surface area contributed by atoms with E-state index < -0.39 is 0 Å². The van der Waals surface area contributed by atoms with E-state index in [0.29, 0.717) is 4.90 Å². The lowest BCUT2D eigenvalue weighted by Gasteiger charge is -2.12. The SMILES string of the molecule is CSc1c(Sc2cn(C)c3ccccc3c2=O)cnc2ccccc12. The fraction of sp³-hybridized carbons (Fsp3) is 0.100. The minimum Gasteiger partial charge on any atom is -0.349 e. The van der Waals surface area contributed by atoms with Gasteiger partial charge >= 0.3 is 0 Å². The van der Waals surface area contributed by atoms with E-state index in [4.69, 9.17) is 0 Å². The third-order valence-corrected chi connectivity index (χ3v) is 6.20. The number of hydrogen-bond donors (Lipinski definition) is 0. The first kappa shape index (κ1) is 16.2. The van der Waals surface area contributed by atoms with Crippen LogP contribution >= 0.6 is 23.5 Å². The summed E-state index contributed by atoms with van der Waals surface area (Å²) in [4.78, 5) is 20.3. The molecule has 0 unspecified atom stereocenters. The Bertz CT molecular complexity index is 1150. The molecule has 2 aromatic heterocycles. The molecule has 25 heavy (non-hydrogen) atoms. The lowest BCUT2D eigenvalue weighted by molar-refractivity contribution is 0.923. The van der Waals surface area contributed by atoms with Crippen LogP contribution in [0, 0.1) is 0 Å². The van der Waals surface area contributed by atoms with E-state index in [1.807, 2.05) is 66.5 Å². The fourth-order valence-corrected chi connectivity index (χ4v) is 4.96. The van der Waals surface area contributed by atoms with Crippen LogP contribution in [0.15, 0.2) is 80.4 Å². The van der Waals surface area contributed by atoms with Crippen LogP contribution in [0.3, 0.4) is 0 Å². The molecule has 0 fully saturated rings. The van der Waals surface area contributed by atoms with Crippen LogP contribution in [0.2, 0.25) is 0 Å². The molecule has 124 valence electrons. The van der Waals surface area contributed by atoms with Crippen molar-refractivity contribution >= 4 is 45.3 Å². The van der Waals surface area contributed by atoms with Gasteiger partial charge in [0.15, 0.2) is 0 Å². The van der Waals surface area contributed by atoms with Gasteiger partial charge in [-0.3, -0.25) is 9.78 Å². The zero-order valence-corrected chi connectivity index (χ0v) is 15.5. The lowest BCUT2D eigenvalue weighted by Crippen LogP contribution is -2.09. The molecule has 4 rings (SSSR count). The number of para-hydroxylation sites is 2. The van der Waals surface area contributed by atoms with Crippen molar-refractivity contribution in [3.63, 3.8) is 0 Å². The third kappa shape index (κ3) is 2.83. The first-order valence-electron chi connectivity index (χ1n) is 7.87. The highest BCUT2D eigenvalue weighted by atomic mass is 32.2. The maximum atomic E-state index is 12.9. The number of nitrogens with zero attached hydrogens (tertiary/aromatic N) is 2. The van der Waals surface area contributed by atoms with Gasteiger partial charge in [0.05, 0.1) is 15.9 Å². The van der Waals surface area contributed by atoms with Crippen molar-refractivity contribution < 1.29 is 0 Å². The molecule has 0 aliphatic heterocycles. The molecule has 0 amide bonds. The summed E-state index contributed by atoms with van der Waals surface area (Å²) in [5.41, 5.74) is 1.99. The van der Waals surface area contributed by atoms with Gasteiger partial charge in [-0.2, -0.15) is 0 Å². The van der Waals surface area contributed by atoms with Gasteiger partial charge in [0.2, 0.25) is 5.43 Å². The first-order chi connectivity index (χ1) is 12.2. The van der Waals surface area contributed by atoms with Crippen LogP contribution in [0.4, 0.5) is 0 Å². The van der Waals surface area contributed by atoms with Crippen molar-refractivity contribution in [3.8, 4) is 0 Å². The van der Waals surface area contributed by atoms with Gasteiger partial charge in [0.1, 0.15) is 0 Å². The first-order valence-corrected chi connectivity index (χ1v) is 9.91. The number of rotatable bonds is 3. The van der Waals surface area contributed by atoms with Crippen LogP contribution in [-0.4, -0.2) is 15.8 Å². The molecule has 4 aromatic rings. The highest BCUT2D eigenvalue weighted by Crippen LogP contribution is 2.37. The van der Waals surface area contributed by atoms with Crippen LogP contribution in [-0.2, 0) is 7.05 Å². The molecule has 3 nitrogen and oxygen atoms in total. The van der Waals surface area contributed by atoms with Gasteiger partial charge in [-0.25, -0.2) is 0 Å². The zero-order valence-electron chi connectivity index (χ0n) is 13.9. The molecule has 2 aromatic carbocycles. The summed E-state index contributed by atoms with van der Waals surface area (Å²) >= 11 is 3.18. The Morgan fingerprint density at radius 2 is 1.68 bits per heavy atom. The van der Waals surface area contributed by atoms with E-state index in [1.54, 1.807) is 11.8 Å². The Balaban J connectivity index is 1.89. The normalized spacial score (nSPS) is 11.3. The molecule has 0 aliphatic rings. The Morgan fingerprint density at radius 3 is 2.48 bits per heavy atom. The molecular formula is C20H16N2OS2. The summed E-state index contributed by atoms with van der Waals surface area (Å²) in [7, 11) is 1.97. The summed E-state index contributed by atoms with van der Waals surface area (Å²) < 4.78 is 2.01. The summed E-state index contributed by atoms with van der Waals surface area (Å²) in [6.07, 6.45) is 5.84. The molecular weight excluding hydrogens is 348 g/mol. The molecule has 2 heterocycles. The standard InChI is InChI=1S/C20H16N2OS2/c1-22-12-18(19(23)14-8-4-6-10-16(14)22)25-17-11-21-15-9-5-3-7-13(15)20(17)24-2/h3-12H,1-2H3. The highest BCUT2D eigenvalue weighted by Gasteiger charge is 2.13. The second kappa shape index (κ2) is 6.58. The predicted octanol–water partition coefficient (Wildman–Crippen LogP) is 4.96. The molecule has 0 N–H and O–H groups in total. The average Bonchev–Trinajstić information content (AvgIpc) is 2.65. The van der Waals surface area contributed by atoms with E-state index >= 15 is 0 Å². The molecule has 5 heteroatoms. The Hall–Kier alpha value is -2.24. The number of pyridine rings is 2. The van der Waals surface area contributed by atoms with Crippen LogP contribution < -0.4 is 5.43 Å². The molecule has 0 saturated carbocycles. The predicted molar refractivity (Wildman–Crippen MR) is 107 cm³/mol. The molecule has 0 radical (unpaired) electrons. The summed E-state index contributed by atoms with van der Waals surface area (Å²) in [5, 5.41) is 1.87. The fourth-order valence-electron chi connectivity index (χ4n) is 2.98. The Morgan fingerprint density at radius 1 is 0.960 bits per heavy atom. The van der Waals surface area contributed by atoms with Crippen LogP contribution in [0.5, 0.6) is 0 Å². The van der Waals surface area contributed by atoms with Crippen molar-refractivity contribution in [1.82, 2.24) is 9.55 Å². The second-order valence-electron chi connectivity index (χ2n) is 5.73. The number of thioether (sulfide) groups is 1. The van der Waals surface area contributed by atoms with Crippen molar-refractivity contribution in [1.29, 1.82) is 0 Å². The molecule has 0 aliphatic carbocycles. The topological polar surface area (TPSA) is 34.9 Å². The van der Waals surface area contributed by atoms with Gasteiger partial charge in [0, 0.05) is 40.0 Å². The third-order valence-electron chi connectivity index (χ3n) is 4.18. The number of hydrogen-bond acceptors (Lipinski definition) is 4. The van der Waals surface area contributed by atoms with Crippen LogP contribution in [0.1, 0.15) is 0 Å². The van der Waals surface area contributed by atoms with Gasteiger partial charge < -0.3 is 4.57 Å². The maximum absolute atomic E-state index is 12.9. The second-order valence-corrected chi connectivity index (χ2v) is 7.63. The van der Waals surface area contributed by atoms with Crippen molar-refractivity contribution in [2.75, 3.05) is 6.26 Å². The Labute approximate surface area is 154 Å². The van der Waals surface area contributed by atoms with Crippen molar-refractivity contribution in [3.05, 3.63) is 71.1 Å². The monoisotopic (exact) mass is 364 g/mol. The van der Waals surface area contributed by atoms with E-state index in [1.165, 1.54) is 11.8 Å². The number of aryl methyl sites for hydroxylation is 1. The van der Waals surface area contributed by atoms with Crippen molar-refractivity contribution in [2.45, 2.75) is 14.7 Å². The maximum Gasteiger partial charge on any atom is 0.203 e. The zero-order chi connectivity index (χ0) is 17.4. The number of benzene rings is 2. The van der Waals surface area contributed by atoms with Gasteiger partial charge in [-0.05, 0) is 24.5 Å². The molecule has 0 saturated heterocycles. The van der Waals surface area contributed by atoms with E-state index in [-0.39, 0.29) is 5.43 Å². The minimum absolute atomic E-state index is 0.0684. The number of aromatic nitrogens is 2. The quantitative estimate of drug-likeness (QED) is 0.481. The number of fused-ring (bicyclic) bond motifs is 2. The van der Waals surface area contributed by atoms with Crippen molar-refractivity contribution in [2.24, 2.45) is 7.05 Å². The van der Waals surface area contributed by atoms with Gasteiger partial charge in [-0.1, -0.05) is 42.1 Å². The van der Waals surface area contributed by atoms with Gasteiger partial charge in [-0.15, -0.1) is 11.8 Å². The van der Waals surface area contributed by atoms with E-state index in [2.05, 4.69) is 17.3 Å². The summed E-state index contributed by atoms with van der Waals surface area (Å²) in [6, 6.07) is 15.8. The molecule has 0 spiro atoms. The van der Waals surface area contributed by atoms with E-state index in [9.17, 15) is 4.79 Å². The van der Waals surface area contributed by atoms with E-state index in [0.717, 1.165) is 31.6 Å². The Kier molecular flexibility index (Phi) is 4.27. The lowest BCUT2D eigenvalue weighted by atomic mass is 10.2. The minimum atomic E-state index is 0.0684. The van der Waals surface area contributed by atoms with Crippen LogP contribution in [0.25, 0.3) is 21.8 Å². The summed E-state index contributed by atoms with van der Waals surface area (Å²) in [6.45, 7) is 0.